The summed E-state index contributed by atoms with van der Waals surface area (Å²) < 4.78 is 10.2. The molecule has 0 fully saturated rings. The van der Waals surface area contributed by atoms with Gasteiger partial charge in [0.25, 0.3) is 0 Å². The van der Waals surface area contributed by atoms with Crippen molar-refractivity contribution in [3.63, 3.8) is 0 Å². The SMILES string of the molecule is O=C(O)C#Cc1ccc2c(c1)OCO2. The van der Waals surface area contributed by atoms with Crippen LogP contribution in [-0.4, -0.2) is 17.9 Å². The maximum Gasteiger partial charge on any atom is 0.382 e. The third-order valence-corrected chi connectivity index (χ3v) is 1.69. The Hall–Kier alpha value is -2.15. The lowest BCUT2D eigenvalue weighted by Gasteiger charge is -1.94. The number of ether oxygens (including phenoxy) is 2. The normalized spacial score (nSPS) is 11.7. The van der Waals surface area contributed by atoms with Crippen LogP contribution >= 0.6 is 0 Å². The fourth-order valence-electron chi connectivity index (χ4n) is 1.10. The van der Waals surface area contributed by atoms with Gasteiger partial charge in [0, 0.05) is 11.5 Å². The average Bonchev–Trinajstić information content (AvgIpc) is 2.61. The summed E-state index contributed by atoms with van der Waals surface area (Å²) in [6.45, 7) is 0.200. The van der Waals surface area contributed by atoms with Crippen LogP contribution in [0.15, 0.2) is 18.2 Å². The minimum atomic E-state index is -1.15. The van der Waals surface area contributed by atoms with Gasteiger partial charge in [0.1, 0.15) is 0 Å². The molecule has 0 aliphatic carbocycles. The number of benzene rings is 1. The first kappa shape index (κ1) is 8.45. The Balaban J connectivity index is 2.30. The zero-order chi connectivity index (χ0) is 9.97. The standard InChI is InChI=1S/C10H6O4/c11-10(12)4-2-7-1-3-8-9(5-7)14-6-13-8/h1,3,5H,6H2,(H,11,12). The van der Waals surface area contributed by atoms with E-state index in [1.165, 1.54) is 0 Å². The van der Waals surface area contributed by atoms with E-state index in [4.69, 9.17) is 14.6 Å². The van der Waals surface area contributed by atoms with Crippen molar-refractivity contribution in [2.24, 2.45) is 0 Å². The fourth-order valence-corrected chi connectivity index (χ4v) is 1.10. The molecule has 1 aromatic carbocycles. The van der Waals surface area contributed by atoms with E-state index in [9.17, 15) is 4.79 Å². The summed E-state index contributed by atoms with van der Waals surface area (Å²) in [7, 11) is 0. The summed E-state index contributed by atoms with van der Waals surface area (Å²) in [5, 5.41) is 8.34. The van der Waals surface area contributed by atoms with Crippen molar-refractivity contribution in [1.82, 2.24) is 0 Å². The molecule has 1 aliphatic rings. The molecule has 2 rings (SSSR count). The second-order valence-corrected chi connectivity index (χ2v) is 2.62. The highest BCUT2D eigenvalue weighted by atomic mass is 16.7. The van der Waals surface area contributed by atoms with Crippen LogP contribution in [-0.2, 0) is 4.79 Å². The summed E-state index contributed by atoms with van der Waals surface area (Å²) in [6.07, 6.45) is 0. The summed E-state index contributed by atoms with van der Waals surface area (Å²) in [5.74, 6) is 4.62. The van der Waals surface area contributed by atoms with E-state index in [0.29, 0.717) is 17.1 Å². The van der Waals surface area contributed by atoms with Crippen molar-refractivity contribution in [3.05, 3.63) is 23.8 Å². The number of rotatable bonds is 0. The highest BCUT2D eigenvalue weighted by Crippen LogP contribution is 2.32. The zero-order valence-corrected chi connectivity index (χ0v) is 7.11. The molecule has 4 nitrogen and oxygen atoms in total. The summed E-state index contributed by atoms with van der Waals surface area (Å²) in [6, 6.07) is 5.04. The molecule has 0 bridgehead atoms. The average molecular weight is 190 g/mol. The molecule has 1 aliphatic heterocycles. The van der Waals surface area contributed by atoms with Gasteiger partial charge < -0.3 is 14.6 Å². The van der Waals surface area contributed by atoms with Crippen LogP contribution in [0.2, 0.25) is 0 Å². The Labute approximate surface area is 80.1 Å². The number of hydrogen-bond donors (Lipinski definition) is 1. The van der Waals surface area contributed by atoms with Gasteiger partial charge in [0.2, 0.25) is 6.79 Å². The minimum absolute atomic E-state index is 0.200. The smallest absolute Gasteiger partial charge is 0.382 e. The molecule has 1 heterocycles. The van der Waals surface area contributed by atoms with Crippen LogP contribution in [0.25, 0.3) is 0 Å². The summed E-state index contributed by atoms with van der Waals surface area (Å²) in [4.78, 5) is 10.2. The third-order valence-electron chi connectivity index (χ3n) is 1.69. The predicted molar refractivity (Wildman–Crippen MR) is 47.1 cm³/mol. The lowest BCUT2D eigenvalue weighted by molar-refractivity contribution is -0.130. The van der Waals surface area contributed by atoms with E-state index in [2.05, 4.69) is 5.92 Å². The van der Waals surface area contributed by atoms with Crippen LogP contribution in [0.4, 0.5) is 0 Å². The van der Waals surface area contributed by atoms with E-state index in [1.807, 2.05) is 5.92 Å². The van der Waals surface area contributed by atoms with Crippen molar-refractivity contribution >= 4 is 5.97 Å². The minimum Gasteiger partial charge on any atom is -0.472 e. The highest BCUT2D eigenvalue weighted by molar-refractivity contribution is 5.87. The molecule has 1 N–H and O–H groups in total. The van der Waals surface area contributed by atoms with Crippen LogP contribution in [0, 0.1) is 11.8 Å². The number of aliphatic carboxylic acids is 1. The number of fused-ring (bicyclic) bond motifs is 1. The van der Waals surface area contributed by atoms with Gasteiger partial charge in [0.05, 0.1) is 0 Å². The van der Waals surface area contributed by atoms with Gasteiger partial charge in [-0.25, -0.2) is 4.79 Å². The molecule has 70 valence electrons. The molecule has 0 aromatic heterocycles. The molecule has 0 radical (unpaired) electrons. The number of carboxylic acids is 1. The lowest BCUT2D eigenvalue weighted by Crippen LogP contribution is -1.92. The second-order valence-electron chi connectivity index (χ2n) is 2.62. The number of carboxylic acid groups (broad SMARTS) is 1. The molecule has 0 unspecified atom stereocenters. The Morgan fingerprint density at radius 3 is 2.93 bits per heavy atom. The predicted octanol–water partition coefficient (Wildman–Crippen LogP) is 0.851. The molecule has 0 saturated carbocycles. The summed E-state index contributed by atoms with van der Waals surface area (Å²) >= 11 is 0. The van der Waals surface area contributed by atoms with Crippen molar-refractivity contribution in [1.29, 1.82) is 0 Å². The highest BCUT2D eigenvalue weighted by Gasteiger charge is 2.12. The van der Waals surface area contributed by atoms with Gasteiger partial charge in [-0.2, -0.15) is 0 Å². The molecule has 0 saturated heterocycles. The quantitative estimate of drug-likeness (QED) is 0.616. The van der Waals surface area contributed by atoms with E-state index in [0.717, 1.165) is 0 Å². The van der Waals surface area contributed by atoms with Gasteiger partial charge in [0.15, 0.2) is 11.5 Å². The topological polar surface area (TPSA) is 55.8 Å². The molecule has 14 heavy (non-hydrogen) atoms. The first-order chi connectivity index (χ1) is 6.75. The van der Waals surface area contributed by atoms with E-state index >= 15 is 0 Å². The van der Waals surface area contributed by atoms with Crippen LogP contribution in [0.1, 0.15) is 5.56 Å². The van der Waals surface area contributed by atoms with E-state index in [1.54, 1.807) is 18.2 Å². The van der Waals surface area contributed by atoms with Crippen molar-refractivity contribution < 1.29 is 19.4 Å². The Kier molecular flexibility index (Phi) is 1.99. The zero-order valence-electron chi connectivity index (χ0n) is 7.11. The Morgan fingerprint density at radius 1 is 1.36 bits per heavy atom. The second kappa shape index (κ2) is 3.30. The van der Waals surface area contributed by atoms with Crippen LogP contribution in [0.5, 0.6) is 11.5 Å². The molecule has 0 atom stereocenters. The molecule has 1 aromatic rings. The van der Waals surface area contributed by atoms with E-state index in [-0.39, 0.29) is 6.79 Å². The maximum atomic E-state index is 10.2. The van der Waals surface area contributed by atoms with Crippen molar-refractivity contribution in [2.75, 3.05) is 6.79 Å². The molecular formula is C10H6O4. The van der Waals surface area contributed by atoms with Gasteiger partial charge in [-0.3, -0.25) is 0 Å². The molecule has 4 heteroatoms. The third kappa shape index (κ3) is 1.62. The van der Waals surface area contributed by atoms with Crippen LogP contribution in [0.3, 0.4) is 0 Å². The molecule has 0 amide bonds. The van der Waals surface area contributed by atoms with Crippen molar-refractivity contribution in [3.8, 4) is 23.3 Å². The van der Waals surface area contributed by atoms with Crippen molar-refractivity contribution in [2.45, 2.75) is 0 Å². The Bertz CT molecular complexity index is 439. The molecular weight excluding hydrogens is 184 g/mol. The number of carbonyl (C=O) groups is 1. The maximum absolute atomic E-state index is 10.2. The van der Waals surface area contributed by atoms with Crippen LogP contribution < -0.4 is 9.47 Å². The van der Waals surface area contributed by atoms with Gasteiger partial charge in [-0.15, -0.1) is 0 Å². The van der Waals surface area contributed by atoms with Gasteiger partial charge in [-0.05, 0) is 18.2 Å². The fraction of sp³-hybridized carbons (Fsp3) is 0.100. The number of hydrogen-bond acceptors (Lipinski definition) is 3. The largest absolute Gasteiger partial charge is 0.472 e. The first-order valence-electron chi connectivity index (χ1n) is 3.90. The summed E-state index contributed by atoms with van der Waals surface area (Å²) in [5.41, 5.74) is 0.594. The molecule has 0 spiro atoms. The van der Waals surface area contributed by atoms with Gasteiger partial charge >= 0.3 is 5.97 Å². The van der Waals surface area contributed by atoms with E-state index < -0.39 is 5.97 Å². The first-order valence-corrected chi connectivity index (χ1v) is 3.90. The van der Waals surface area contributed by atoms with Gasteiger partial charge in [-0.1, -0.05) is 5.92 Å². The monoisotopic (exact) mass is 190 g/mol. The lowest BCUT2D eigenvalue weighted by atomic mass is 10.2. The Morgan fingerprint density at radius 2 is 2.14 bits per heavy atom.